The van der Waals surface area contributed by atoms with E-state index in [4.69, 9.17) is 0 Å². The lowest BCUT2D eigenvalue weighted by Crippen LogP contribution is -1.85. The summed E-state index contributed by atoms with van der Waals surface area (Å²) in [5.74, 6) is -0.278. The predicted octanol–water partition coefficient (Wildman–Crippen LogP) is 2.81. The third kappa shape index (κ3) is 3.86. The molecule has 0 N–H and O–H groups in total. The molecule has 0 spiro atoms. The van der Waals surface area contributed by atoms with Gasteiger partial charge in [-0.3, -0.25) is 4.79 Å². The third-order valence-electron chi connectivity index (χ3n) is 1.24. The zero-order valence-corrected chi connectivity index (χ0v) is 7.38. The minimum Gasteiger partial charge on any atom is -0.298 e. The molecule has 0 aliphatic carbocycles. The Morgan fingerprint density at radius 2 is 2.08 bits per heavy atom. The van der Waals surface area contributed by atoms with Crippen LogP contribution in [-0.2, 0) is 4.79 Å². The molecule has 66 valence electrons. The molecule has 0 aromatic heterocycles. The van der Waals surface area contributed by atoms with Crippen molar-refractivity contribution in [1.82, 2.24) is 0 Å². The zero-order valence-electron chi connectivity index (χ0n) is 7.38. The van der Waals surface area contributed by atoms with E-state index in [1.54, 1.807) is 6.08 Å². The van der Waals surface area contributed by atoms with Gasteiger partial charge >= 0.3 is 0 Å². The van der Waals surface area contributed by atoms with Crippen molar-refractivity contribution in [1.29, 1.82) is 0 Å². The topological polar surface area (TPSA) is 17.1 Å². The fraction of sp³-hybridized carbons (Fsp3) is 0.300. The van der Waals surface area contributed by atoms with Crippen molar-refractivity contribution in [3.05, 3.63) is 36.2 Å². The molecular formula is C10H13FO. The van der Waals surface area contributed by atoms with Crippen molar-refractivity contribution >= 4 is 6.29 Å². The van der Waals surface area contributed by atoms with Gasteiger partial charge in [-0.1, -0.05) is 32.6 Å². The van der Waals surface area contributed by atoms with Crippen LogP contribution in [-0.4, -0.2) is 6.29 Å². The highest BCUT2D eigenvalue weighted by molar-refractivity contribution is 5.78. The van der Waals surface area contributed by atoms with Gasteiger partial charge in [-0.2, -0.15) is 0 Å². The van der Waals surface area contributed by atoms with Gasteiger partial charge in [0.05, 0.1) is 0 Å². The van der Waals surface area contributed by atoms with E-state index >= 15 is 0 Å². The van der Waals surface area contributed by atoms with Crippen molar-refractivity contribution in [3.8, 4) is 0 Å². The fourth-order valence-electron chi connectivity index (χ4n) is 0.589. The van der Waals surface area contributed by atoms with Crippen LogP contribution in [0.1, 0.15) is 13.8 Å². The maximum absolute atomic E-state index is 12.7. The SMILES string of the molecule is C=C/C(F)=C(C=O)\C=C/C(C)C. The first-order valence-electron chi connectivity index (χ1n) is 3.77. The number of hydrogen-bond acceptors (Lipinski definition) is 1. The predicted molar refractivity (Wildman–Crippen MR) is 48.4 cm³/mol. The standard InChI is InChI=1S/C10H13FO/c1-4-10(11)9(7-12)6-5-8(2)3/h4-8H,1H2,2-3H3/b6-5-,10-9-. The van der Waals surface area contributed by atoms with E-state index < -0.39 is 5.83 Å². The van der Waals surface area contributed by atoms with Gasteiger partial charge < -0.3 is 0 Å². The number of aldehydes is 1. The zero-order chi connectivity index (χ0) is 9.56. The Morgan fingerprint density at radius 3 is 2.42 bits per heavy atom. The minimum absolute atomic E-state index is 0.0405. The second-order valence-electron chi connectivity index (χ2n) is 2.73. The molecule has 0 bridgehead atoms. The Hall–Kier alpha value is -1.18. The molecule has 0 heterocycles. The summed E-state index contributed by atoms with van der Waals surface area (Å²) in [6, 6.07) is 0. The van der Waals surface area contributed by atoms with Crippen LogP contribution >= 0.6 is 0 Å². The number of carbonyl (C=O) groups is 1. The smallest absolute Gasteiger partial charge is 0.152 e. The molecule has 0 fully saturated rings. The number of rotatable bonds is 4. The van der Waals surface area contributed by atoms with Gasteiger partial charge in [-0.05, 0) is 12.0 Å². The summed E-state index contributed by atoms with van der Waals surface area (Å²) < 4.78 is 12.7. The molecule has 1 nitrogen and oxygen atoms in total. The maximum Gasteiger partial charge on any atom is 0.152 e. The van der Waals surface area contributed by atoms with Crippen molar-refractivity contribution < 1.29 is 9.18 Å². The minimum atomic E-state index is -0.582. The molecule has 2 heteroatoms. The van der Waals surface area contributed by atoms with Gasteiger partial charge in [0.25, 0.3) is 0 Å². The summed E-state index contributed by atoms with van der Waals surface area (Å²) >= 11 is 0. The quantitative estimate of drug-likeness (QED) is 0.358. The molecule has 0 aromatic carbocycles. The normalized spacial score (nSPS) is 13.3. The molecule has 0 aliphatic rings. The molecule has 0 aromatic rings. The molecule has 0 unspecified atom stereocenters. The van der Waals surface area contributed by atoms with E-state index in [0.717, 1.165) is 6.08 Å². The lowest BCUT2D eigenvalue weighted by molar-refractivity contribution is -0.104. The summed E-state index contributed by atoms with van der Waals surface area (Å²) in [5.41, 5.74) is 0.0405. The van der Waals surface area contributed by atoms with E-state index in [9.17, 15) is 9.18 Å². The summed E-state index contributed by atoms with van der Waals surface area (Å²) in [6.07, 6.45) is 4.73. The molecule has 0 aliphatic heterocycles. The maximum atomic E-state index is 12.7. The van der Waals surface area contributed by atoms with Gasteiger partial charge in [-0.25, -0.2) is 4.39 Å². The van der Waals surface area contributed by atoms with Crippen LogP contribution in [0.3, 0.4) is 0 Å². The Morgan fingerprint density at radius 1 is 1.50 bits per heavy atom. The highest BCUT2D eigenvalue weighted by Crippen LogP contribution is 2.07. The summed E-state index contributed by atoms with van der Waals surface area (Å²) in [5, 5.41) is 0. The molecule has 0 saturated carbocycles. The van der Waals surface area contributed by atoms with Gasteiger partial charge in [0.1, 0.15) is 5.83 Å². The van der Waals surface area contributed by atoms with Crippen LogP contribution < -0.4 is 0 Å². The van der Waals surface area contributed by atoms with Crippen LogP contribution in [0.2, 0.25) is 0 Å². The summed E-state index contributed by atoms with van der Waals surface area (Å²) in [7, 11) is 0. The molecule has 0 rings (SSSR count). The van der Waals surface area contributed by atoms with Crippen LogP contribution in [0.25, 0.3) is 0 Å². The van der Waals surface area contributed by atoms with Crippen LogP contribution in [0.5, 0.6) is 0 Å². The Labute approximate surface area is 72.3 Å². The second-order valence-corrected chi connectivity index (χ2v) is 2.73. The van der Waals surface area contributed by atoms with Gasteiger partial charge in [-0.15, -0.1) is 0 Å². The van der Waals surface area contributed by atoms with Crippen molar-refractivity contribution in [3.63, 3.8) is 0 Å². The lowest BCUT2D eigenvalue weighted by atomic mass is 10.1. The van der Waals surface area contributed by atoms with Crippen molar-refractivity contribution in [2.75, 3.05) is 0 Å². The van der Waals surface area contributed by atoms with Gasteiger partial charge in [0.2, 0.25) is 0 Å². The highest BCUT2D eigenvalue weighted by atomic mass is 19.1. The average Bonchev–Trinajstić information content (AvgIpc) is 2.04. The molecule has 12 heavy (non-hydrogen) atoms. The van der Waals surface area contributed by atoms with Gasteiger partial charge in [0.15, 0.2) is 6.29 Å². The average molecular weight is 168 g/mol. The van der Waals surface area contributed by atoms with Gasteiger partial charge in [0, 0.05) is 5.57 Å². The van der Waals surface area contributed by atoms with Crippen molar-refractivity contribution in [2.24, 2.45) is 5.92 Å². The van der Waals surface area contributed by atoms with Crippen molar-refractivity contribution in [2.45, 2.75) is 13.8 Å². The second kappa shape index (κ2) is 5.47. The first-order chi connectivity index (χ1) is 5.61. The molecule has 0 atom stereocenters. The van der Waals surface area contributed by atoms with E-state index in [0.29, 0.717) is 12.2 Å². The van der Waals surface area contributed by atoms with Crippen LogP contribution in [0, 0.1) is 5.92 Å². The largest absolute Gasteiger partial charge is 0.298 e. The van der Waals surface area contributed by atoms with E-state index in [2.05, 4.69) is 6.58 Å². The molecule has 0 saturated heterocycles. The first kappa shape index (κ1) is 10.8. The Balaban J connectivity index is 4.58. The molecule has 0 amide bonds. The van der Waals surface area contributed by atoms with E-state index in [1.807, 2.05) is 13.8 Å². The number of hydrogen-bond donors (Lipinski definition) is 0. The Bertz CT molecular complexity index is 224. The highest BCUT2D eigenvalue weighted by Gasteiger charge is 1.97. The number of halogens is 1. The summed E-state index contributed by atoms with van der Waals surface area (Å²) in [4.78, 5) is 10.3. The summed E-state index contributed by atoms with van der Waals surface area (Å²) in [6.45, 7) is 7.13. The van der Waals surface area contributed by atoms with Crippen LogP contribution in [0.15, 0.2) is 36.2 Å². The lowest BCUT2D eigenvalue weighted by Gasteiger charge is -1.94. The monoisotopic (exact) mass is 168 g/mol. The van der Waals surface area contributed by atoms with E-state index in [1.165, 1.54) is 6.08 Å². The number of allylic oxidation sites excluding steroid dienone is 5. The van der Waals surface area contributed by atoms with Crippen LogP contribution in [0.4, 0.5) is 4.39 Å². The van der Waals surface area contributed by atoms with E-state index in [-0.39, 0.29) is 5.57 Å². The fourth-order valence-corrected chi connectivity index (χ4v) is 0.589. The number of carbonyl (C=O) groups excluding carboxylic acids is 1. The first-order valence-corrected chi connectivity index (χ1v) is 3.77. The molecule has 0 radical (unpaired) electrons. The Kier molecular flexibility index (Phi) is 4.93. The molecular weight excluding hydrogens is 155 g/mol. The third-order valence-corrected chi connectivity index (χ3v) is 1.24.